The molecule has 1 aromatic rings. The first-order valence-electron chi connectivity index (χ1n) is 7.31. The number of aliphatic carboxylic acids is 1. The van der Waals surface area contributed by atoms with E-state index in [2.05, 4.69) is 5.32 Å². The van der Waals surface area contributed by atoms with Gasteiger partial charge in [-0.3, -0.25) is 9.59 Å². The molecular formula is C16H23NO5. The standard InChI is InChI=1S/C16H23NO5/c1-12(22-14-8-4-3-7-13(14)21-2)11-17-15(18)9-5-6-10-16(19)20/h3-4,7-8,12H,5-6,9-11H2,1-2H3,(H,17,18)(H,19,20). The first kappa shape index (κ1) is 17.8. The number of unbranched alkanes of at least 4 members (excludes halogenated alkanes) is 1. The summed E-state index contributed by atoms with van der Waals surface area (Å²) < 4.78 is 10.9. The molecule has 0 aliphatic heterocycles. The summed E-state index contributed by atoms with van der Waals surface area (Å²) in [4.78, 5) is 22.0. The van der Waals surface area contributed by atoms with Gasteiger partial charge in [0.2, 0.25) is 5.91 Å². The van der Waals surface area contributed by atoms with Crippen LogP contribution in [0.3, 0.4) is 0 Å². The van der Waals surface area contributed by atoms with Gasteiger partial charge in [-0.25, -0.2) is 0 Å². The van der Waals surface area contributed by atoms with E-state index in [1.54, 1.807) is 7.11 Å². The second kappa shape index (κ2) is 9.65. The quantitative estimate of drug-likeness (QED) is 0.647. The molecule has 0 saturated heterocycles. The van der Waals surface area contributed by atoms with Gasteiger partial charge in [-0.1, -0.05) is 12.1 Å². The Morgan fingerprint density at radius 1 is 1.18 bits per heavy atom. The molecule has 1 aromatic carbocycles. The van der Waals surface area contributed by atoms with Crippen molar-refractivity contribution in [1.29, 1.82) is 0 Å². The Hall–Kier alpha value is -2.24. The number of hydrogen-bond acceptors (Lipinski definition) is 4. The van der Waals surface area contributed by atoms with Gasteiger partial charge in [0.1, 0.15) is 6.10 Å². The van der Waals surface area contributed by atoms with Crippen LogP contribution in [-0.2, 0) is 9.59 Å². The minimum absolute atomic E-state index is 0.0964. The molecule has 0 fully saturated rings. The summed E-state index contributed by atoms with van der Waals surface area (Å²) in [5, 5.41) is 11.3. The summed E-state index contributed by atoms with van der Waals surface area (Å²) in [6, 6.07) is 7.33. The Morgan fingerprint density at radius 3 is 2.45 bits per heavy atom. The van der Waals surface area contributed by atoms with E-state index in [1.165, 1.54) is 0 Å². The molecule has 0 bridgehead atoms. The van der Waals surface area contributed by atoms with E-state index in [4.69, 9.17) is 14.6 Å². The molecule has 2 N–H and O–H groups in total. The Labute approximate surface area is 130 Å². The number of carbonyl (C=O) groups excluding carboxylic acids is 1. The number of ether oxygens (including phenoxy) is 2. The fourth-order valence-corrected chi connectivity index (χ4v) is 1.88. The van der Waals surface area contributed by atoms with Crippen molar-refractivity contribution in [1.82, 2.24) is 5.32 Å². The number of benzene rings is 1. The molecule has 0 aliphatic rings. The molecule has 1 amide bonds. The molecular weight excluding hydrogens is 286 g/mol. The van der Waals surface area contributed by atoms with Gasteiger partial charge in [-0.2, -0.15) is 0 Å². The fourth-order valence-electron chi connectivity index (χ4n) is 1.88. The minimum atomic E-state index is -0.834. The van der Waals surface area contributed by atoms with Crippen LogP contribution in [0.2, 0.25) is 0 Å². The van der Waals surface area contributed by atoms with Crippen LogP contribution in [0.1, 0.15) is 32.6 Å². The summed E-state index contributed by atoms with van der Waals surface area (Å²) in [6.07, 6.45) is 1.31. The van der Waals surface area contributed by atoms with Gasteiger partial charge in [0.15, 0.2) is 11.5 Å². The number of para-hydroxylation sites is 2. The zero-order valence-corrected chi connectivity index (χ0v) is 13.0. The first-order chi connectivity index (χ1) is 10.5. The van der Waals surface area contributed by atoms with Crippen LogP contribution in [0.15, 0.2) is 24.3 Å². The number of amides is 1. The Kier molecular flexibility index (Phi) is 7.81. The summed E-state index contributed by atoms with van der Waals surface area (Å²) >= 11 is 0. The van der Waals surface area contributed by atoms with Crippen molar-refractivity contribution < 1.29 is 24.2 Å². The van der Waals surface area contributed by atoms with Crippen LogP contribution < -0.4 is 14.8 Å². The average Bonchev–Trinajstić information content (AvgIpc) is 2.50. The van der Waals surface area contributed by atoms with Crippen LogP contribution in [0.4, 0.5) is 0 Å². The number of carboxylic acid groups (broad SMARTS) is 1. The summed E-state index contributed by atoms with van der Waals surface area (Å²) in [5.41, 5.74) is 0. The summed E-state index contributed by atoms with van der Waals surface area (Å²) in [7, 11) is 1.58. The smallest absolute Gasteiger partial charge is 0.303 e. The predicted molar refractivity (Wildman–Crippen MR) is 82.2 cm³/mol. The van der Waals surface area contributed by atoms with Crippen molar-refractivity contribution >= 4 is 11.9 Å². The lowest BCUT2D eigenvalue weighted by molar-refractivity contribution is -0.137. The molecule has 0 heterocycles. The number of carboxylic acids is 1. The van der Waals surface area contributed by atoms with Gasteiger partial charge < -0.3 is 19.9 Å². The van der Waals surface area contributed by atoms with Gasteiger partial charge in [0, 0.05) is 12.8 Å². The largest absolute Gasteiger partial charge is 0.493 e. The third kappa shape index (κ3) is 6.97. The number of rotatable bonds is 10. The van der Waals surface area contributed by atoms with Crippen LogP contribution in [0.5, 0.6) is 11.5 Å². The van der Waals surface area contributed by atoms with Crippen molar-refractivity contribution in [3.63, 3.8) is 0 Å². The van der Waals surface area contributed by atoms with Gasteiger partial charge in [-0.15, -0.1) is 0 Å². The van der Waals surface area contributed by atoms with Gasteiger partial charge in [0.25, 0.3) is 0 Å². The minimum Gasteiger partial charge on any atom is -0.493 e. The molecule has 1 atom stereocenters. The number of hydrogen-bond donors (Lipinski definition) is 2. The highest BCUT2D eigenvalue weighted by molar-refractivity contribution is 5.75. The molecule has 1 rings (SSSR count). The molecule has 6 nitrogen and oxygen atoms in total. The van der Waals surface area contributed by atoms with Crippen molar-refractivity contribution in [2.75, 3.05) is 13.7 Å². The van der Waals surface area contributed by atoms with E-state index in [0.717, 1.165) is 0 Å². The maximum atomic E-state index is 11.6. The predicted octanol–water partition coefficient (Wildman–Crippen LogP) is 2.22. The molecule has 0 aromatic heterocycles. The Bertz CT molecular complexity index is 489. The second-order valence-corrected chi connectivity index (χ2v) is 4.98. The van der Waals surface area contributed by atoms with Crippen molar-refractivity contribution in [3.05, 3.63) is 24.3 Å². The highest BCUT2D eigenvalue weighted by Crippen LogP contribution is 2.26. The third-order valence-electron chi connectivity index (χ3n) is 3.03. The first-order valence-corrected chi connectivity index (χ1v) is 7.31. The fraction of sp³-hybridized carbons (Fsp3) is 0.500. The van der Waals surface area contributed by atoms with Crippen molar-refractivity contribution in [2.24, 2.45) is 0 Å². The normalized spacial score (nSPS) is 11.5. The molecule has 0 saturated carbocycles. The molecule has 0 spiro atoms. The van der Waals surface area contributed by atoms with Crippen LogP contribution in [0, 0.1) is 0 Å². The van der Waals surface area contributed by atoms with E-state index >= 15 is 0 Å². The van der Waals surface area contributed by atoms with Gasteiger partial charge in [-0.05, 0) is 31.9 Å². The van der Waals surface area contributed by atoms with Gasteiger partial charge in [0.05, 0.1) is 13.7 Å². The SMILES string of the molecule is COc1ccccc1OC(C)CNC(=O)CCCCC(=O)O. The van der Waals surface area contributed by atoms with E-state index < -0.39 is 5.97 Å². The molecule has 0 radical (unpaired) electrons. The number of methoxy groups -OCH3 is 1. The Morgan fingerprint density at radius 2 is 1.82 bits per heavy atom. The molecule has 0 aliphatic carbocycles. The van der Waals surface area contributed by atoms with Gasteiger partial charge >= 0.3 is 5.97 Å². The second-order valence-electron chi connectivity index (χ2n) is 4.98. The summed E-state index contributed by atoms with van der Waals surface area (Å²) in [5.74, 6) is 0.350. The van der Waals surface area contributed by atoms with Crippen molar-refractivity contribution in [3.8, 4) is 11.5 Å². The van der Waals surface area contributed by atoms with E-state index in [9.17, 15) is 9.59 Å². The zero-order chi connectivity index (χ0) is 16.4. The van der Waals surface area contributed by atoms with Crippen LogP contribution in [0.25, 0.3) is 0 Å². The van der Waals surface area contributed by atoms with Crippen LogP contribution >= 0.6 is 0 Å². The molecule has 1 unspecified atom stereocenters. The van der Waals surface area contributed by atoms with E-state index in [-0.39, 0.29) is 18.4 Å². The molecule has 122 valence electrons. The molecule has 6 heteroatoms. The van der Waals surface area contributed by atoms with Crippen molar-refractivity contribution in [2.45, 2.75) is 38.7 Å². The topological polar surface area (TPSA) is 84.9 Å². The number of nitrogens with one attached hydrogen (secondary N) is 1. The number of carbonyl (C=O) groups is 2. The highest BCUT2D eigenvalue weighted by Gasteiger charge is 2.10. The molecule has 22 heavy (non-hydrogen) atoms. The Balaban J connectivity index is 2.26. The van der Waals surface area contributed by atoms with E-state index in [1.807, 2.05) is 31.2 Å². The van der Waals surface area contributed by atoms with Crippen LogP contribution in [-0.4, -0.2) is 36.7 Å². The maximum absolute atomic E-state index is 11.6. The summed E-state index contributed by atoms with van der Waals surface area (Å²) in [6.45, 7) is 2.24. The lowest BCUT2D eigenvalue weighted by Gasteiger charge is -2.17. The lowest BCUT2D eigenvalue weighted by atomic mass is 10.2. The monoisotopic (exact) mass is 309 g/mol. The maximum Gasteiger partial charge on any atom is 0.303 e. The average molecular weight is 309 g/mol. The van der Waals surface area contributed by atoms with E-state index in [0.29, 0.717) is 37.3 Å². The lowest BCUT2D eigenvalue weighted by Crippen LogP contribution is -2.33. The zero-order valence-electron chi connectivity index (χ0n) is 13.0. The highest BCUT2D eigenvalue weighted by atomic mass is 16.5. The third-order valence-corrected chi connectivity index (χ3v) is 3.03.